The van der Waals surface area contributed by atoms with Gasteiger partial charge >= 0.3 is 17.9 Å². The van der Waals surface area contributed by atoms with Crippen molar-refractivity contribution >= 4 is 30.1 Å². The van der Waals surface area contributed by atoms with Crippen molar-refractivity contribution in [1.82, 2.24) is 0 Å². The lowest BCUT2D eigenvalue weighted by Gasteiger charge is -2.12. The lowest BCUT2D eigenvalue weighted by molar-refractivity contribution is 0.0699. The van der Waals surface area contributed by atoms with Crippen molar-refractivity contribution in [3.63, 3.8) is 0 Å². The summed E-state index contributed by atoms with van der Waals surface area (Å²) in [5.74, 6) is -3.12. The van der Waals surface area contributed by atoms with Crippen molar-refractivity contribution in [3.05, 3.63) is 143 Å². The Hall–Kier alpha value is -6.35. The van der Waals surface area contributed by atoms with Gasteiger partial charge in [0.15, 0.2) is 0 Å². The highest BCUT2D eigenvalue weighted by atomic mass is 16.6. The Balaban J connectivity index is 1.32. The number of carbonyl (C=O) groups excluding carboxylic acids is 3. The van der Waals surface area contributed by atoms with Crippen molar-refractivity contribution in [1.29, 1.82) is 0 Å². The van der Waals surface area contributed by atoms with E-state index in [-0.39, 0.29) is 51.2 Å². The van der Waals surface area contributed by atoms with Gasteiger partial charge in [0.1, 0.15) is 51.2 Å². The van der Waals surface area contributed by atoms with Crippen LogP contribution in [0.5, 0.6) is 34.5 Å². The molecule has 0 fully saturated rings. The van der Waals surface area contributed by atoms with Gasteiger partial charge in [-0.25, -0.2) is 14.4 Å². The average molecular weight is 589 g/mol. The van der Waals surface area contributed by atoms with E-state index in [1.165, 1.54) is 54.6 Å². The summed E-state index contributed by atoms with van der Waals surface area (Å²) in [7, 11) is 0. The topological polar surface area (TPSA) is 140 Å². The number of para-hydroxylation sites is 3. The van der Waals surface area contributed by atoms with Gasteiger partial charge < -0.3 is 29.5 Å². The Bertz CT molecular complexity index is 1870. The Morgan fingerprint density at radius 1 is 0.477 bits per heavy atom. The van der Waals surface area contributed by atoms with E-state index in [0.29, 0.717) is 5.56 Å². The zero-order valence-corrected chi connectivity index (χ0v) is 22.9. The Morgan fingerprint density at radius 3 is 1.59 bits per heavy atom. The first-order chi connectivity index (χ1) is 21.3. The number of ether oxygens (including phenoxy) is 3. The SMILES string of the molecule is O=C(Oc1ccccc1C(=O)Oc1ccccc1C(=O)Oc1cc(O)cc(/C=C/c2ccc(O)cc2)c1)c1ccccc1O. The van der Waals surface area contributed by atoms with Gasteiger partial charge in [0.2, 0.25) is 0 Å². The van der Waals surface area contributed by atoms with Gasteiger partial charge in [-0.1, -0.05) is 60.7 Å². The molecular formula is C35H24O9. The van der Waals surface area contributed by atoms with Gasteiger partial charge in [0, 0.05) is 6.07 Å². The average Bonchev–Trinajstić information content (AvgIpc) is 3.01. The lowest BCUT2D eigenvalue weighted by atomic mass is 10.1. The van der Waals surface area contributed by atoms with E-state index in [2.05, 4.69) is 0 Å². The van der Waals surface area contributed by atoms with Crippen LogP contribution < -0.4 is 14.2 Å². The summed E-state index contributed by atoms with van der Waals surface area (Å²) < 4.78 is 16.4. The lowest BCUT2D eigenvalue weighted by Crippen LogP contribution is -2.17. The maximum Gasteiger partial charge on any atom is 0.347 e. The summed E-state index contributed by atoms with van der Waals surface area (Å²) in [6.07, 6.45) is 3.45. The first-order valence-electron chi connectivity index (χ1n) is 13.2. The molecule has 5 aromatic rings. The third kappa shape index (κ3) is 7.10. The fourth-order valence-electron chi connectivity index (χ4n) is 4.11. The number of aromatic hydroxyl groups is 3. The van der Waals surface area contributed by atoms with E-state index in [1.54, 1.807) is 72.8 Å². The molecule has 5 aromatic carbocycles. The number of hydrogen-bond acceptors (Lipinski definition) is 9. The smallest absolute Gasteiger partial charge is 0.347 e. The van der Waals surface area contributed by atoms with Gasteiger partial charge in [-0.2, -0.15) is 0 Å². The van der Waals surface area contributed by atoms with Crippen LogP contribution in [0.15, 0.2) is 115 Å². The van der Waals surface area contributed by atoms with Crippen LogP contribution in [0.25, 0.3) is 12.2 Å². The highest BCUT2D eigenvalue weighted by molar-refractivity contribution is 6.00. The van der Waals surface area contributed by atoms with E-state index in [4.69, 9.17) is 14.2 Å². The summed E-state index contributed by atoms with van der Waals surface area (Å²) in [4.78, 5) is 39.0. The standard InChI is InChI=1S/C35H24O9/c36-24-17-15-22(16-18-24)13-14-23-19-25(37)21-26(20-23)42-34(40)28-8-2-5-11-31(28)44-35(41)29-9-3-6-12-32(29)43-33(39)27-7-1-4-10-30(27)38/h1-21,36-38H/b14-13+. The molecule has 0 amide bonds. The van der Waals surface area contributed by atoms with E-state index >= 15 is 0 Å². The van der Waals surface area contributed by atoms with Crippen LogP contribution in [0.2, 0.25) is 0 Å². The minimum atomic E-state index is -0.912. The number of phenols is 3. The Morgan fingerprint density at radius 2 is 0.977 bits per heavy atom. The molecular weight excluding hydrogens is 564 g/mol. The van der Waals surface area contributed by atoms with E-state index in [9.17, 15) is 29.7 Å². The highest BCUT2D eigenvalue weighted by Crippen LogP contribution is 2.28. The molecule has 3 N–H and O–H groups in total. The summed E-state index contributed by atoms with van der Waals surface area (Å²) in [5.41, 5.74) is 1.08. The number of esters is 3. The van der Waals surface area contributed by atoms with E-state index in [1.807, 2.05) is 0 Å². The molecule has 0 aliphatic carbocycles. The molecule has 9 heteroatoms. The van der Waals surface area contributed by atoms with Crippen LogP contribution in [0.4, 0.5) is 0 Å². The monoisotopic (exact) mass is 588 g/mol. The van der Waals surface area contributed by atoms with Crippen LogP contribution in [0, 0.1) is 0 Å². The molecule has 0 bridgehead atoms. The molecule has 5 rings (SSSR count). The highest BCUT2D eigenvalue weighted by Gasteiger charge is 2.22. The van der Waals surface area contributed by atoms with Gasteiger partial charge in [0.25, 0.3) is 0 Å². The van der Waals surface area contributed by atoms with Gasteiger partial charge in [0.05, 0.1) is 0 Å². The molecule has 0 heterocycles. The second-order valence-electron chi connectivity index (χ2n) is 9.36. The molecule has 9 nitrogen and oxygen atoms in total. The maximum atomic E-state index is 13.2. The van der Waals surface area contributed by atoms with Crippen molar-refractivity contribution < 1.29 is 43.9 Å². The number of benzene rings is 5. The van der Waals surface area contributed by atoms with Crippen molar-refractivity contribution in [2.45, 2.75) is 0 Å². The van der Waals surface area contributed by atoms with Crippen molar-refractivity contribution in [2.24, 2.45) is 0 Å². The zero-order valence-electron chi connectivity index (χ0n) is 22.9. The van der Waals surface area contributed by atoms with Crippen molar-refractivity contribution in [2.75, 3.05) is 0 Å². The minimum Gasteiger partial charge on any atom is -0.508 e. The molecule has 0 saturated heterocycles. The summed E-state index contributed by atoms with van der Waals surface area (Å²) in [6, 6.07) is 28.4. The predicted molar refractivity (Wildman–Crippen MR) is 161 cm³/mol. The largest absolute Gasteiger partial charge is 0.508 e. The fourth-order valence-corrected chi connectivity index (χ4v) is 4.11. The molecule has 44 heavy (non-hydrogen) atoms. The molecule has 0 saturated carbocycles. The summed E-state index contributed by atoms with van der Waals surface area (Å²) >= 11 is 0. The minimum absolute atomic E-state index is 0.0444. The van der Waals surface area contributed by atoms with E-state index in [0.717, 1.165) is 5.56 Å². The van der Waals surface area contributed by atoms with Crippen LogP contribution in [0.1, 0.15) is 42.2 Å². The van der Waals surface area contributed by atoms with Crippen molar-refractivity contribution in [3.8, 4) is 34.5 Å². The number of phenolic OH excluding ortho intramolecular Hbond substituents is 3. The number of hydrogen-bond donors (Lipinski definition) is 3. The van der Waals surface area contributed by atoms with Gasteiger partial charge in [-0.3, -0.25) is 0 Å². The molecule has 0 unspecified atom stereocenters. The first-order valence-corrected chi connectivity index (χ1v) is 13.2. The van der Waals surface area contributed by atoms with E-state index < -0.39 is 17.9 Å². The molecule has 218 valence electrons. The van der Waals surface area contributed by atoms with Gasteiger partial charge in [-0.15, -0.1) is 0 Å². The van der Waals surface area contributed by atoms with Crippen LogP contribution >= 0.6 is 0 Å². The second-order valence-corrected chi connectivity index (χ2v) is 9.36. The summed E-state index contributed by atoms with van der Waals surface area (Å²) in [6.45, 7) is 0. The summed E-state index contributed by atoms with van der Waals surface area (Å²) in [5, 5.41) is 29.6. The molecule has 0 aromatic heterocycles. The third-order valence-corrected chi connectivity index (χ3v) is 6.23. The quantitative estimate of drug-likeness (QED) is 0.103. The van der Waals surface area contributed by atoms with Crippen LogP contribution in [0.3, 0.4) is 0 Å². The first kappa shape index (κ1) is 29.2. The van der Waals surface area contributed by atoms with Crippen LogP contribution in [-0.4, -0.2) is 33.2 Å². The normalized spacial score (nSPS) is 10.7. The number of carbonyl (C=O) groups is 3. The molecule has 0 spiro atoms. The van der Waals surface area contributed by atoms with Gasteiger partial charge in [-0.05, 0) is 71.8 Å². The second kappa shape index (κ2) is 13.1. The van der Waals surface area contributed by atoms with Crippen LogP contribution in [-0.2, 0) is 0 Å². The molecule has 0 aliphatic heterocycles. The number of rotatable bonds is 8. The zero-order chi connectivity index (χ0) is 31.1. The molecule has 0 atom stereocenters. The predicted octanol–water partition coefficient (Wildman–Crippen LogP) is 6.63. The molecule has 0 aliphatic rings. The third-order valence-electron chi connectivity index (χ3n) is 6.23. The molecule has 0 radical (unpaired) electrons. The Labute approximate surface area is 251 Å². The maximum absolute atomic E-state index is 13.2. The Kier molecular flexibility index (Phi) is 8.67. The fraction of sp³-hybridized carbons (Fsp3) is 0.